The zero-order chi connectivity index (χ0) is 19.8. The Kier molecular flexibility index (Phi) is 14.9. The Labute approximate surface area is 155 Å². The van der Waals surface area contributed by atoms with E-state index in [0.717, 1.165) is 0 Å². The van der Waals surface area contributed by atoms with E-state index in [0.29, 0.717) is 0 Å². The topological polar surface area (TPSA) is 0 Å². The van der Waals surface area contributed by atoms with E-state index in [4.69, 9.17) is 0 Å². The molecule has 0 saturated carbocycles. The summed E-state index contributed by atoms with van der Waals surface area (Å²) in [5.74, 6) is 0. The van der Waals surface area contributed by atoms with Crippen LogP contribution in [0.2, 0.25) is 0 Å². The van der Waals surface area contributed by atoms with Gasteiger partial charge >= 0.3 is 0 Å². The quantitative estimate of drug-likeness (QED) is 0.437. The van der Waals surface area contributed by atoms with Crippen molar-refractivity contribution in [3.63, 3.8) is 0 Å². The minimum Gasteiger partial charge on any atom is -0.137 e. The lowest BCUT2D eigenvalue weighted by atomic mass is 10.1. The Hall–Kier alpha value is -2.52. The van der Waals surface area contributed by atoms with Gasteiger partial charge in [-0.3, -0.25) is 0 Å². The minimum absolute atomic E-state index is 1.35. The Balaban J connectivity index is 0. The summed E-state index contributed by atoms with van der Waals surface area (Å²) >= 11 is 0. The average Bonchev–Trinajstić information content (AvgIpc) is 2.56. The van der Waals surface area contributed by atoms with E-state index in [1.807, 2.05) is 6.92 Å². The van der Waals surface area contributed by atoms with Crippen LogP contribution in [0.1, 0.15) is 40.3 Å². The number of aryl methyl sites for hydroxylation is 6. The smallest absolute Gasteiger partial charge is 0.0393 e. The molecule has 25 heavy (non-hydrogen) atoms. The molecule has 0 bridgehead atoms. The van der Waals surface area contributed by atoms with Crippen LogP contribution in [-0.4, -0.2) is 0 Å². The van der Waals surface area contributed by atoms with Crippen molar-refractivity contribution in [1.82, 2.24) is 0 Å². The van der Waals surface area contributed by atoms with E-state index in [1.165, 1.54) is 33.4 Å². The highest BCUT2D eigenvalue weighted by molar-refractivity contribution is 5.29. The molecule has 0 heterocycles. The van der Waals surface area contributed by atoms with E-state index >= 15 is 0 Å². The SMILES string of the molecule is C=C=C.C=C=CC.Cc1ccc(C)c(C)c1.Cc1ccc(C)c(C)c1. The maximum absolute atomic E-state index is 3.30. The second-order valence-electron chi connectivity index (χ2n) is 5.92. The minimum atomic E-state index is 1.35. The molecule has 0 spiro atoms. The van der Waals surface area contributed by atoms with Gasteiger partial charge in [0.1, 0.15) is 0 Å². The van der Waals surface area contributed by atoms with Gasteiger partial charge in [-0.2, -0.15) is 0 Å². The summed E-state index contributed by atoms with van der Waals surface area (Å²) < 4.78 is 0. The van der Waals surface area contributed by atoms with Crippen LogP contribution >= 0.6 is 0 Å². The van der Waals surface area contributed by atoms with Gasteiger partial charge in [0.15, 0.2) is 0 Å². The zero-order valence-corrected chi connectivity index (χ0v) is 17.2. The van der Waals surface area contributed by atoms with Crippen molar-refractivity contribution in [3.8, 4) is 0 Å². The van der Waals surface area contributed by atoms with Crippen LogP contribution in [0.4, 0.5) is 0 Å². The van der Waals surface area contributed by atoms with Crippen LogP contribution in [0, 0.1) is 41.5 Å². The first-order chi connectivity index (χ1) is 11.7. The molecule has 0 radical (unpaired) electrons. The number of rotatable bonds is 0. The molecule has 0 N–H and O–H groups in total. The molecule has 0 aliphatic carbocycles. The van der Waals surface area contributed by atoms with Gasteiger partial charge in [-0.05, 0) is 76.8 Å². The van der Waals surface area contributed by atoms with Crippen LogP contribution in [0.25, 0.3) is 0 Å². The monoisotopic (exact) mass is 334 g/mol. The van der Waals surface area contributed by atoms with Gasteiger partial charge in [-0.15, -0.1) is 11.5 Å². The molecular weight excluding hydrogens is 300 g/mol. The summed E-state index contributed by atoms with van der Waals surface area (Å²) in [4.78, 5) is 0. The number of allylic oxidation sites excluding steroid dienone is 1. The molecule has 0 heteroatoms. The maximum Gasteiger partial charge on any atom is -0.0393 e. The molecule has 0 atom stereocenters. The molecule has 0 amide bonds. The molecule has 2 aromatic rings. The first kappa shape index (κ1) is 24.7. The molecule has 2 aromatic carbocycles. The fourth-order valence-electron chi connectivity index (χ4n) is 1.78. The highest BCUT2D eigenvalue weighted by atomic mass is 14.0. The highest BCUT2D eigenvalue weighted by Crippen LogP contribution is 2.08. The van der Waals surface area contributed by atoms with Gasteiger partial charge < -0.3 is 0 Å². The second kappa shape index (κ2) is 15.0. The van der Waals surface area contributed by atoms with Crippen molar-refractivity contribution in [2.24, 2.45) is 0 Å². The van der Waals surface area contributed by atoms with E-state index in [2.05, 4.69) is 109 Å². The van der Waals surface area contributed by atoms with Crippen molar-refractivity contribution in [2.45, 2.75) is 48.5 Å². The zero-order valence-electron chi connectivity index (χ0n) is 17.2. The van der Waals surface area contributed by atoms with Crippen molar-refractivity contribution in [2.75, 3.05) is 0 Å². The molecule has 0 unspecified atom stereocenters. The van der Waals surface area contributed by atoms with Crippen molar-refractivity contribution in [3.05, 3.63) is 107 Å². The van der Waals surface area contributed by atoms with Gasteiger partial charge in [0, 0.05) is 0 Å². The Morgan fingerprint density at radius 3 is 1.08 bits per heavy atom. The summed E-state index contributed by atoms with van der Waals surface area (Å²) in [7, 11) is 0. The van der Waals surface area contributed by atoms with E-state index in [-0.39, 0.29) is 0 Å². The molecule has 2 rings (SSSR count). The maximum atomic E-state index is 3.30. The van der Waals surface area contributed by atoms with Crippen molar-refractivity contribution < 1.29 is 0 Å². The van der Waals surface area contributed by atoms with Crippen LogP contribution in [0.15, 0.2) is 73.7 Å². The number of hydrogen-bond acceptors (Lipinski definition) is 0. The van der Waals surface area contributed by atoms with E-state index in [9.17, 15) is 0 Å². The summed E-state index contributed by atoms with van der Waals surface area (Å²) in [6.07, 6.45) is 1.76. The summed E-state index contributed by atoms with van der Waals surface area (Å²) in [6, 6.07) is 13.0. The van der Waals surface area contributed by atoms with Crippen LogP contribution in [-0.2, 0) is 0 Å². The van der Waals surface area contributed by atoms with E-state index in [1.54, 1.807) is 6.08 Å². The van der Waals surface area contributed by atoms with Crippen molar-refractivity contribution in [1.29, 1.82) is 0 Å². The normalized spacial score (nSPS) is 7.96. The molecule has 134 valence electrons. The molecule has 0 nitrogen and oxygen atoms in total. The predicted molar refractivity (Wildman–Crippen MR) is 115 cm³/mol. The van der Waals surface area contributed by atoms with Crippen LogP contribution in [0.3, 0.4) is 0 Å². The largest absolute Gasteiger partial charge is 0.137 e. The van der Waals surface area contributed by atoms with Gasteiger partial charge in [0.25, 0.3) is 0 Å². The van der Waals surface area contributed by atoms with Gasteiger partial charge in [-0.1, -0.05) is 67.3 Å². The number of benzene rings is 2. The lowest BCUT2D eigenvalue weighted by Crippen LogP contribution is -1.79. The lowest BCUT2D eigenvalue weighted by Gasteiger charge is -1.98. The Morgan fingerprint density at radius 1 is 0.640 bits per heavy atom. The van der Waals surface area contributed by atoms with Gasteiger partial charge in [0.2, 0.25) is 0 Å². The first-order valence-electron chi connectivity index (χ1n) is 8.40. The van der Waals surface area contributed by atoms with Crippen LogP contribution < -0.4 is 0 Å². The fourth-order valence-corrected chi connectivity index (χ4v) is 1.78. The lowest BCUT2D eigenvalue weighted by molar-refractivity contribution is 1.30. The average molecular weight is 335 g/mol. The molecule has 0 aromatic heterocycles. The Bertz CT molecular complexity index is 655. The molecule has 0 aliphatic heterocycles. The molecule has 0 saturated heterocycles. The summed E-state index contributed by atoms with van der Waals surface area (Å²) in [5.41, 5.74) is 13.0. The fraction of sp³-hybridized carbons (Fsp3) is 0.280. The standard InChI is InChI=1S/2C9H12.C4H6.C3H4/c2*1-7-4-5-8(2)9(3)6-7;1-3-4-2;1-3-2/h2*4-6H,1-3H3;4H,1H2,2H3;1-2H2. The second-order valence-corrected chi connectivity index (χ2v) is 5.92. The van der Waals surface area contributed by atoms with E-state index < -0.39 is 0 Å². The first-order valence-corrected chi connectivity index (χ1v) is 8.40. The predicted octanol–water partition coefficient (Wildman–Crippen LogP) is 7.53. The van der Waals surface area contributed by atoms with Crippen molar-refractivity contribution >= 4 is 0 Å². The molecule has 0 fully saturated rings. The number of hydrogen-bond donors (Lipinski definition) is 0. The third-order valence-electron chi connectivity index (χ3n) is 3.53. The third-order valence-corrected chi connectivity index (χ3v) is 3.53. The molecular formula is C25H34. The highest BCUT2D eigenvalue weighted by Gasteiger charge is 1.89. The molecule has 0 aliphatic rings. The van der Waals surface area contributed by atoms with Crippen LogP contribution in [0.5, 0.6) is 0 Å². The Morgan fingerprint density at radius 2 is 0.920 bits per heavy atom. The summed E-state index contributed by atoms with van der Waals surface area (Å²) in [5, 5.41) is 0. The third kappa shape index (κ3) is 13.6. The van der Waals surface area contributed by atoms with Gasteiger partial charge in [-0.25, -0.2) is 0 Å². The van der Waals surface area contributed by atoms with Gasteiger partial charge in [0.05, 0.1) is 0 Å². The summed E-state index contributed by atoms with van der Waals surface area (Å²) in [6.45, 7) is 24.2.